The molecule has 1 nitrogen and oxygen atoms in total. The van der Waals surface area contributed by atoms with E-state index in [4.69, 9.17) is 0 Å². The van der Waals surface area contributed by atoms with Gasteiger partial charge in [0.25, 0.3) is 0 Å². The van der Waals surface area contributed by atoms with Crippen molar-refractivity contribution in [1.82, 2.24) is 5.32 Å². The van der Waals surface area contributed by atoms with Crippen molar-refractivity contribution >= 4 is 12.4 Å². The topological polar surface area (TPSA) is 12.0 Å². The van der Waals surface area contributed by atoms with Gasteiger partial charge in [-0.15, -0.1) is 12.4 Å². The maximum atomic E-state index is 13.3. The van der Waals surface area contributed by atoms with Gasteiger partial charge in [0, 0.05) is 17.7 Å². The van der Waals surface area contributed by atoms with Crippen LogP contribution in [0.3, 0.4) is 0 Å². The van der Waals surface area contributed by atoms with Crippen LogP contribution < -0.4 is 5.32 Å². The molecule has 6 heteroatoms. The SMILES string of the molecule is Cl.Fc1cc(F)c(F)c([C@H]2CCCN2)c1F. The third-order valence-corrected chi connectivity index (χ3v) is 2.55. The van der Waals surface area contributed by atoms with Gasteiger partial charge in [-0.3, -0.25) is 0 Å². The minimum atomic E-state index is -1.35. The first-order valence-corrected chi connectivity index (χ1v) is 4.67. The highest BCUT2D eigenvalue weighted by atomic mass is 35.5. The first-order valence-electron chi connectivity index (χ1n) is 4.67. The molecule has 1 aromatic rings. The largest absolute Gasteiger partial charge is 0.310 e. The second-order valence-corrected chi connectivity index (χ2v) is 3.53. The van der Waals surface area contributed by atoms with E-state index in [1.165, 1.54) is 0 Å². The molecule has 0 bridgehead atoms. The molecule has 0 unspecified atom stereocenters. The summed E-state index contributed by atoms with van der Waals surface area (Å²) in [6.45, 7) is 0.599. The van der Waals surface area contributed by atoms with E-state index in [1.807, 2.05) is 0 Å². The highest BCUT2D eigenvalue weighted by molar-refractivity contribution is 5.85. The molecule has 16 heavy (non-hydrogen) atoms. The van der Waals surface area contributed by atoms with Crippen LogP contribution in [0.4, 0.5) is 17.6 Å². The summed E-state index contributed by atoms with van der Waals surface area (Å²) in [5.41, 5.74) is -0.523. The minimum Gasteiger partial charge on any atom is -0.310 e. The molecule has 0 aromatic heterocycles. The first kappa shape index (κ1) is 13.3. The van der Waals surface area contributed by atoms with E-state index in [-0.39, 0.29) is 18.5 Å². The van der Waals surface area contributed by atoms with Gasteiger partial charge in [-0.05, 0) is 19.4 Å². The Morgan fingerprint density at radius 3 is 2.06 bits per heavy atom. The molecule has 1 aromatic carbocycles. The Morgan fingerprint density at radius 2 is 1.62 bits per heavy atom. The molecule has 0 spiro atoms. The van der Waals surface area contributed by atoms with Gasteiger partial charge in [-0.1, -0.05) is 0 Å². The molecule has 1 aliphatic heterocycles. The van der Waals surface area contributed by atoms with Gasteiger partial charge in [0.1, 0.15) is 0 Å². The first-order chi connectivity index (χ1) is 7.11. The summed E-state index contributed by atoms with van der Waals surface area (Å²) >= 11 is 0. The molecule has 0 radical (unpaired) electrons. The Labute approximate surface area is 96.3 Å². The van der Waals surface area contributed by atoms with Gasteiger partial charge in [0.2, 0.25) is 0 Å². The van der Waals surface area contributed by atoms with Crippen LogP contribution in [0.25, 0.3) is 0 Å². The lowest BCUT2D eigenvalue weighted by Gasteiger charge is -2.13. The third-order valence-electron chi connectivity index (χ3n) is 2.55. The number of hydrogen-bond acceptors (Lipinski definition) is 1. The number of hydrogen-bond donors (Lipinski definition) is 1. The standard InChI is InChI=1S/C10H9F4N.ClH/c11-5-4-6(12)10(14)8(9(5)13)7-2-1-3-15-7;/h4,7,15H,1-3H2;1H/t7-;/m1./s1. The molecule has 1 saturated heterocycles. The summed E-state index contributed by atoms with van der Waals surface area (Å²) < 4.78 is 52.3. The van der Waals surface area contributed by atoms with Gasteiger partial charge in [-0.2, -0.15) is 0 Å². The smallest absolute Gasteiger partial charge is 0.166 e. The molecule has 0 aliphatic carbocycles. The molecule has 1 heterocycles. The average molecular weight is 256 g/mol. The summed E-state index contributed by atoms with van der Waals surface area (Å²) in [5, 5.41) is 2.80. The highest BCUT2D eigenvalue weighted by Crippen LogP contribution is 2.30. The molecule has 0 saturated carbocycles. The van der Waals surface area contributed by atoms with E-state index >= 15 is 0 Å². The number of halogens is 5. The maximum absolute atomic E-state index is 13.3. The zero-order chi connectivity index (χ0) is 11.0. The fourth-order valence-electron chi connectivity index (χ4n) is 1.83. The Balaban J connectivity index is 0.00000128. The Morgan fingerprint density at radius 1 is 1.06 bits per heavy atom. The van der Waals surface area contributed by atoms with E-state index in [1.54, 1.807) is 0 Å². The lowest BCUT2D eigenvalue weighted by Crippen LogP contribution is -2.17. The van der Waals surface area contributed by atoms with Gasteiger partial charge >= 0.3 is 0 Å². The van der Waals surface area contributed by atoms with Crippen LogP contribution in [0, 0.1) is 23.3 Å². The van der Waals surface area contributed by atoms with Crippen LogP contribution in [-0.4, -0.2) is 6.54 Å². The van der Waals surface area contributed by atoms with E-state index in [2.05, 4.69) is 5.32 Å². The molecule has 2 rings (SSSR count). The molecule has 90 valence electrons. The molecular formula is C10H10ClF4N. The molecule has 1 fully saturated rings. The minimum absolute atomic E-state index is 0. The molecule has 0 amide bonds. The van der Waals surface area contributed by atoms with Crippen LogP contribution in [0.5, 0.6) is 0 Å². The fraction of sp³-hybridized carbons (Fsp3) is 0.400. The van der Waals surface area contributed by atoms with Crippen molar-refractivity contribution < 1.29 is 17.6 Å². The number of benzene rings is 1. The van der Waals surface area contributed by atoms with E-state index < -0.39 is 34.9 Å². The predicted molar refractivity (Wildman–Crippen MR) is 53.5 cm³/mol. The Kier molecular flexibility index (Phi) is 4.15. The van der Waals surface area contributed by atoms with Crippen molar-refractivity contribution in [3.63, 3.8) is 0 Å². The average Bonchev–Trinajstić information content (AvgIpc) is 2.69. The zero-order valence-corrected chi connectivity index (χ0v) is 9.01. The van der Waals surface area contributed by atoms with Crippen molar-refractivity contribution in [2.75, 3.05) is 6.54 Å². The number of nitrogens with one attached hydrogen (secondary N) is 1. The summed E-state index contributed by atoms with van der Waals surface area (Å²) in [7, 11) is 0. The van der Waals surface area contributed by atoms with Crippen molar-refractivity contribution in [3.8, 4) is 0 Å². The molecule has 1 aliphatic rings. The van der Waals surface area contributed by atoms with Crippen molar-refractivity contribution in [3.05, 3.63) is 34.9 Å². The normalized spacial score (nSPS) is 19.6. The summed E-state index contributed by atoms with van der Waals surface area (Å²) in [6.07, 6.45) is 1.22. The lowest BCUT2D eigenvalue weighted by molar-refractivity contribution is 0.420. The van der Waals surface area contributed by atoms with E-state index in [0.717, 1.165) is 6.42 Å². The quantitative estimate of drug-likeness (QED) is 0.601. The Hall–Kier alpha value is -0.810. The van der Waals surface area contributed by atoms with E-state index in [9.17, 15) is 17.6 Å². The van der Waals surface area contributed by atoms with Crippen LogP contribution in [0.2, 0.25) is 0 Å². The second-order valence-electron chi connectivity index (χ2n) is 3.53. The van der Waals surface area contributed by atoms with Gasteiger partial charge in [0.15, 0.2) is 23.3 Å². The fourth-order valence-corrected chi connectivity index (χ4v) is 1.83. The van der Waals surface area contributed by atoms with Crippen molar-refractivity contribution in [1.29, 1.82) is 0 Å². The summed E-state index contributed by atoms with van der Waals surface area (Å²) in [6, 6.07) is -0.404. The highest BCUT2D eigenvalue weighted by Gasteiger charge is 2.27. The van der Waals surface area contributed by atoms with Crippen LogP contribution in [0.1, 0.15) is 24.4 Å². The summed E-state index contributed by atoms with van der Waals surface area (Å²) in [5.74, 6) is -5.29. The second kappa shape index (κ2) is 5.01. The zero-order valence-electron chi connectivity index (χ0n) is 8.20. The Bertz CT molecular complexity index is 365. The van der Waals surface area contributed by atoms with Gasteiger partial charge in [-0.25, -0.2) is 17.6 Å². The third kappa shape index (κ3) is 2.15. The van der Waals surface area contributed by atoms with Gasteiger partial charge < -0.3 is 5.32 Å². The van der Waals surface area contributed by atoms with Crippen LogP contribution in [-0.2, 0) is 0 Å². The van der Waals surface area contributed by atoms with Crippen molar-refractivity contribution in [2.45, 2.75) is 18.9 Å². The van der Waals surface area contributed by atoms with Crippen LogP contribution >= 0.6 is 12.4 Å². The summed E-state index contributed by atoms with van der Waals surface area (Å²) in [4.78, 5) is 0. The molecule has 1 atom stereocenters. The number of rotatable bonds is 1. The molecule has 1 N–H and O–H groups in total. The molecular weight excluding hydrogens is 246 g/mol. The monoisotopic (exact) mass is 255 g/mol. The maximum Gasteiger partial charge on any atom is 0.166 e. The predicted octanol–water partition coefficient (Wildman–Crippen LogP) is 3.09. The van der Waals surface area contributed by atoms with E-state index in [0.29, 0.717) is 13.0 Å². The van der Waals surface area contributed by atoms with Gasteiger partial charge in [0.05, 0.1) is 0 Å². The lowest BCUT2D eigenvalue weighted by atomic mass is 10.0. The van der Waals surface area contributed by atoms with Crippen molar-refractivity contribution in [2.24, 2.45) is 0 Å². The van der Waals surface area contributed by atoms with Crippen LogP contribution in [0.15, 0.2) is 6.07 Å².